The van der Waals surface area contributed by atoms with Crippen LogP contribution in [0.2, 0.25) is 0 Å². The summed E-state index contributed by atoms with van der Waals surface area (Å²) in [6, 6.07) is 26.7. The summed E-state index contributed by atoms with van der Waals surface area (Å²) >= 11 is 0. The van der Waals surface area contributed by atoms with Crippen molar-refractivity contribution >= 4 is 27.5 Å². The summed E-state index contributed by atoms with van der Waals surface area (Å²) < 4.78 is 5.14. The fourth-order valence-corrected chi connectivity index (χ4v) is 3.18. The van der Waals surface area contributed by atoms with Crippen LogP contribution in [0.1, 0.15) is 6.92 Å². The quantitative estimate of drug-likeness (QED) is 0.274. The Balaban J connectivity index is 1.98. The number of benzene rings is 4. The fraction of sp³-hybridized carbons (Fsp3) is 0.0455. The molecule has 0 aromatic heterocycles. The zero-order valence-corrected chi connectivity index (χ0v) is 13.3. The average molecular weight is 312 g/mol. The number of carbonyl (C=O) groups is 1. The molecule has 24 heavy (non-hydrogen) atoms. The highest BCUT2D eigenvalue weighted by Crippen LogP contribution is 2.36. The van der Waals surface area contributed by atoms with Gasteiger partial charge in [-0.2, -0.15) is 0 Å². The predicted molar refractivity (Wildman–Crippen MR) is 98.2 cm³/mol. The second kappa shape index (κ2) is 5.82. The second-order valence-electron chi connectivity index (χ2n) is 5.81. The summed E-state index contributed by atoms with van der Waals surface area (Å²) in [5.74, 6) is 0.258. The molecule has 4 aromatic carbocycles. The smallest absolute Gasteiger partial charge is 0.308 e. The lowest BCUT2D eigenvalue weighted by molar-refractivity contribution is -0.131. The van der Waals surface area contributed by atoms with E-state index in [2.05, 4.69) is 54.6 Å². The monoisotopic (exact) mass is 312 g/mol. The third-order valence-corrected chi connectivity index (χ3v) is 4.18. The molecule has 0 radical (unpaired) electrons. The Kier molecular flexibility index (Phi) is 3.51. The minimum atomic E-state index is -0.307. The highest BCUT2D eigenvalue weighted by molar-refractivity contribution is 6.12. The number of ether oxygens (including phenoxy) is 1. The largest absolute Gasteiger partial charge is 0.427 e. The van der Waals surface area contributed by atoms with E-state index >= 15 is 0 Å². The van der Waals surface area contributed by atoms with Crippen molar-refractivity contribution < 1.29 is 9.53 Å². The molecule has 0 amide bonds. The van der Waals surface area contributed by atoms with E-state index in [4.69, 9.17) is 4.74 Å². The lowest BCUT2D eigenvalue weighted by Gasteiger charge is -2.12. The Morgan fingerprint density at radius 3 is 1.83 bits per heavy atom. The normalized spacial score (nSPS) is 10.9. The van der Waals surface area contributed by atoms with Gasteiger partial charge in [0.1, 0.15) is 5.75 Å². The zero-order valence-electron chi connectivity index (χ0n) is 13.3. The van der Waals surface area contributed by atoms with Gasteiger partial charge in [-0.3, -0.25) is 4.79 Å². The van der Waals surface area contributed by atoms with Gasteiger partial charge in [-0.15, -0.1) is 0 Å². The van der Waals surface area contributed by atoms with E-state index in [1.807, 2.05) is 24.3 Å². The zero-order chi connectivity index (χ0) is 16.5. The van der Waals surface area contributed by atoms with Crippen LogP contribution in [0.5, 0.6) is 5.75 Å². The molecule has 0 fully saturated rings. The van der Waals surface area contributed by atoms with E-state index in [0.29, 0.717) is 5.75 Å². The van der Waals surface area contributed by atoms with E-state index in [9.17, 15) is 4.79 Å². The third-order valence-electron chi connectivity index (χ3n) is 4.18. The van der Waals surface area contributed by atoms with Crippen molar-refractivity contribution in [3.63, 3.8) is 0 Å². The molecule has 0 bridgehead atoms. The summed E-state index contributed by atoms with van der Waals surface area (Å²) in [4.78, 5) is 11.1. The van der Waals surface area contributed by atoms with Crippen LogP contribution < -0.4 is 4.74 Å². The molecule has 116 valence electrons. The van der Waals surface area contributed by atoms with Crippen molar-refractivity contribution in [1.29, 1.82) is 0 Å². The van der Waals surface area contributed by atoms with Crippen molar-refractivity contribution in [2.24, 2.45) is 0 Å². The Labute approximate surface area is 140 Å². The van der Waals surface area contributed by atoms with Crippen LogP contribution in [0.25, 0.3) is 32.7 Å². The maximum atomic E-state index is 11.1. The SMILES string of the molecule is CC(=O)Oc1ccc(-c2c3ccccc3cc3ccccc23)cc1. The Morgan fingerprint density at radius 2 is 1.29 bits per heavy atom. The minimum Gasteiger partial charge on any atom is -0.427 e. The molecule has 4 aromatic rings. The van der Waals surface area contributed by atoms with Gasteiger partial charge >= 0.3 is 5.97 Å². The second-order valence-corrected chi connectivity index (χ2v) is 5.81. The van der Waals surface area contributed by atoms with Crippen molar-refractivity contribution in [2.75, 3.05) is 0 Å². The van der Waals surface area contributed by atoms with Crippen LogP contribution in [0.15, 0.2) is 78.9 Å². The number of rotatable bonds is 2. The first-order chi connectivity index (χ1) is 11.7. The molecule has 0 saturated heterocycles. The number of hydrogen-bond acceptors (Lipinski definition) is 2. The molecular formula is C22H16O2. The molecular weight excluding hydrogens is 296 g/mol. The van der Waals surface area contributed by atoms with Crippen molar-refractivity contribution in [3.05, 3.63) is 78.9 Å². The van der Waals surface area contributed by atoms with Gasteiger partial charge in [-0.05, 0) is 50.9 Å². The Hall–Kier alpha value is -3.13. The first kappa shape index (κ1) is 14.5. The van der Waals surface area contributed by atoms with E-state index in [-0.39, 0.29) is 5.97 Å². The van der Waals surface area contributed by atoms with Crippen LogP contribution in [0.4, 0.5) is 0 Å². The van der Waals surface area contributed by atoms with Gasteiger partial charge in [0, 0.05) is 6.92 Å². The third kappa shape index (κ3) is 2.52. The first-order valence-electron chi connectivity index (χ1n) is 7.92. The van der Waals surface area contributed by atoms with Crippen molar-refractivity contribution in [2.45, 2.75) is 6.92 Å². The molecule has 0 spiro atoms. The van der Waals surface area contributed by atoms with Crippen LogP contribution >= 0.6 is 0 Å². The molecule has 0 aliphatic heterocycles. The molecule has 2 heteroatoms. The van der Waals surface area contributed by atoms with Gasteiger partial charge in [-0.1, -0.05) is 60.7 Å². The number of fused-ring (bicyclic) bond motifs is 2. The van der Waals surface area contributed by atoms with E-state index in [1.54, 1.807) is 0 Å². The van der Waals surface area contributed by atoms with Crippen LogP contribution in [-0.4, -0.2) is 5.97 Å². The van der Waals surface area contributed by atoms with Gasteiger partial charge in [0.05, 0.1) is 0 Å². The highest BCUT2D eigenvalue weighted by atomic mass is 16.5. The minimum absolute atomic E-state index is 0.307. The molecule has 0 N–H and O–H groups in total. The Morgan fingerprint density at radius 1 is 0.750 bits per heavy atom. The first-order valence-corrected chi connectivity index (χ1v) is 7.92. The standard InChI is InChI=1S/C22H16O2/c1-15(23)24-19-12-10-16(11-13-19)22-20-8-4-2-6-17(20)14-18-7-3-5-9-21(18)22/h2-14H,1H3. The highest BCUT2D eigenvalue weighted by Gasteiger charge is 2.10. The average Bonchev–Trinajstić information content (AvgIpc) is 2.60. The maximum absolute atomic E-state index is 11.1. The molecule has 0 unspecified atom stereocenters. The molecule has 0 saturated carbocycles. The molecule has 0 aliphatic carbocycles. The topological polar surface area (TPSA) is 26.3 Å². The summed E-state index contributed by atoms with van der Waals surface area (Å²) in [5, 5.41) is 4.87. The van der Waals surface area contributed by atoms with Crippen molar-refractivity contribution in [3.8, 4) is 16.9 Å². The van der Waals surface area contributed by atoms with E-state index in [0.717, 1.165) is 5.56 Å². The summed E-state index contributed by atoms with van der Waals surface area (Å²) in [7, 11) is 0. The van der Waals surface area contributed by atoms with Crippen LogP contribution in [-0.2, 0) is 4.79 Å². The van der Waals surface area contributed by atoms with Crippen LogP contribution in [0, 0.1) is 0 Å². The van der Waals surface area contributed by atoms with E-state index < -0.39 is 0 Å². The molecule has 4 rings (SSSR count). The molecule has 0 heterocycles. The number of hydrogen-bond donors (Lipinski definition) is 0. The molecule has 0 atom stereocenters. The lowest BCUT2D eigenvalue weighted by atomic mass is 9.92. The maximum Gasteiger partial charge on any atom is 0.308 e. The van der Waals surface area contributed by atoms with Gasteiger partial charge in [0.25, 0.3) is 0 Å². The molecule has 0 aliphatic rings. The Bertz CT molecular complexity index is 992. The fourth-order valence-electron chi connectivity index (χ4n) is 3.18. The lowest BCUT2D eigenvalue weighted by Crippen LogP contribution is -2.00. The summed E-state index contributed by atoms with van der Waals surface area (Å²) in [6.07, 6.45) is 0. The van der Waals surface area contributed by atoms with Gasteiger partial charge in [0.2, 0.25) is 0 Å². The van der Waals surface area contributed by atoms with Crippen LogP contribution in [0.3, 0.4) is 0 Å². The summed E-state index contributed by atoms with van der Waals surface area (Å²) in [6.45, 7) is 1.41. The molecule has 2 nitrogen and oxygen atoms in total. The predicted octanol–water partition coefficient (Wildman–Crippen LogP) is 5.59. The summed E-state index contributed by atoms with van der Waals surface area (Å²) in [5.41, 5.74) is 2.32. The number of carbonyl (C=O) groups excluding carboxylic acids is 1. The van der Waals surface area contributed by atoms with E-state index in [1.165, 1.54) is 34.0 Å². The van der Waals surface area contributed by atoms with Gasteiger partial charge < -0.3 is 4.74 Å². The van der Waals surface area contributed by atoms with Gasteiger partial charge in [-0.25, -0.2) is 0 Å². The van der Waals surface area contributed by atoms with Crippen molar-refractivity contribution in [1.82, 2.24) is 0 Å². The van der Waals surface area contributed by atoms with Gasteiger partial charge in [0.15, 0.2) is 0 Å². The number of esters is 1.